The van der Waals surface area contributed by atoms with Crippen molar-refractivity contribution in [3.05, 3.63) is 59.8 Å². The third kappa shape index (κ3) is 1.05. The van der Waals surface area contributed by atoms with Gasteiger partial charge in [0.1, 0.15) is 0 Å². The van der Waals surface area contributed by atoms with Crippen LogP contribution in [0.4, 0.5) is 0 Å². The quantitative estimate of drug-likeness (QED) is 0.570. The van der Waals surface area contributed by atoms with Gasteiger partial charge in [0, 0.05) is 11.8 Å². The Hall–Kier alpha value is -1.30. The maximum absolute atomic E-state index is 2.54. The van der Waals surface area contributed by atoms with Crippen molar-refractivity contribution < 1.29 is 0 Å². The molecule has 0 radical (unpaired) electrons. The van der Waals surface area contributed by atoms with E-state index >= 15 is 0 Å². The van der Waals surface area contributed by atoms with Crippen molar-refractivity contribution in [1.29, 1.82) is 0 Å². The number of rotatable bonds is 0. The summed E-state index contributed by atoms with van der Waals surface area (Å²) in [4.78, 5) is 0. The zero-order valence-corrected chi connectivity index (χ0v) is 11.7. The highest BCUT2D eigenvalue weighted by Crippen LogP contribution is 2.61. The van der Waals surface area contributed by atoms with E-state index in [4.69, 9.17) is 0 Å². The first-order valence-electron chi connectivity index (χ1n) is 8.35. The van der Waals surface area contributed by atoms with E-state index in [0.29, 0.717) is 0 Å². The molecule has 0 heterocycles. The summed E-state index contributed by atoms with van der Waals surface area (Å²) in [5.74, 6) is 6.57. The van der Waals surface area contributed by atoms with Crippen molar-refractivity contribution in [2.75, 3.05) is 0 Å². The molecule has 0 aromatic rings. The first kappa shape index (κ1) is 10.4. The van der Waals surface area contributed by atoms with Crippen molar-refractivity contribution in [2.24, 2.45) is 47.3 Å². The van der Waals surface area contributed by atoms with Crippen molar-refractivity contribution in [3.63, 3.8) is 0 Å². The minimum atomic E-state index is 0.760. The van der Waals surface area contributed by atoms with Gasteiger partial charge in [-0.25, -0.2) is 0 Å². The van der Waals surface area contributed by atoms with Crippen LogP contribution in [0, 0.1) is 47.3 Å². The lowest BCUT2D eigenvalue weighted by Gasteiger charge is -2.19. The van der Waals surface area contributed by atoms with Gasteiger partial charge in [-0.05, 0) is 48.3 Å². The lowest BCUT2D eigenvalue weighted by atomic mass is 9.85. The number of allylic oxidation sites excluding steroid dienone is 10. The molecule has 100 valence electrons. The molecule has 20 heavy (non-hydrogen) atoms. The predicted octanol–water partition coefficient (Wildman–Crippen LogP) is 4.30. The van der Waals surface area contributed by atoms with Gasteiger partial charge < -0.3 is 0 Å². The molecule has 8 atom stereocenters. The molecular formula is C20H20. The summed E-state index contributed by atoms with van der Waals surface area (Å²) in [6, 6.07) is 0. The minimum Gasteiger partial charge on any atom is -0.0842 e. The standard InChI is InChI=1S/C20H20/c1-3-13-9-17(15-7-5-11(1)19(13)15)18-10-14-4-2-12-6-8-16(18)20(12)14/h1-8,11-16,19-20H,9-10H2/b18-17+/t11-,12+,13-,14-,15+,16+,19+,20+/m0/s1. The summed E-state index contributed by atoms with van der Waals surface area (Å²) in [7, 11) is 0. The first-order chi connectivity index (χ1) is 9.90. The van der Waals surface area contributed by atoms with Crippen molar-refractivity contribution in [3.8, 4) is 0 Å². The molecule has 2 saturated carbocycles. The summed E-state index contributed by atoms with van der Waals surface area (Å²) in [5.41, 5.74) is 3.70. The van der Waals surface area contributed by atoms with Gasteiger partial charge in [-0.1, -0.05) is 59.8 Å². The van der Waals surface area contributed by atoms with E-state index < -0.39 is 0 Å². The van der Waals surface area contributed by atoms with Crippen LogP contribution in [0.5, 0.6) is 0 Å². The Morgan fingerprint density at radius 1 is 0.550 bits per heavy atom. The molecule has 0 heteroatoms. The molecule has 0 saturated heterocycles. The highest BCUT2D eigenvalue weighted by molar-refractivity contribution is 5.44. The van der Waals surface area contributed by atoms with Gasteiger partial charge >= 0.3 is 0 Å². The van der Waals surface area contributed by atoms with Gasteiger partial charge in [0.15, 0.2) is 0 Å². The van der Waals surface area contributed by atoms with Crippen LogP contribution in [0.3, 0.4) is 0 Å². The van der Waals surface area contributed by atoms with E-state index in [1.807, 2.05) is 11.1 Å². The van der Waals surface area contributed by atoms with E-state index in [9.17, 15) is 0 Å². The Bertz CT molecular complexity index is 585. The number of hydrogen-bond donors (Lipinski definition) is 0. The lowest BCUT2D eigenvalue weighted by molar-refractivity contribution is 0.402. The van der Waals surface area contributed by atoms with Gasteiger partial charge in [-0.3, -0.25) is 0 Å². The van der Waals surface area contributed by atoms with Crippen LogP contribution in [0.15, 0.2) is 59.8 Å². The van der Waals surface area contributed by atoms with Crippen LogP contribution in [-0.2, 0) is 0 Å². The summed E-state index contributed by atoms with van der Waals surface area (Å²) in [5, 5.41) is 0. The third-order valence-corrected chi connectivity index (χ3v) is 7.08. The van der Waals surface area contributed by atoms with Gasteiger partial charge in [0.25, 0.3) is 0 Å². The fourth-order valence-corrected chi connectivity index (χ4v) is 6.35. The Morgan fingerprint density at radius 2 is 1.00 bits per heavy atom. The van der Waals surface area contributed by atoms with Crippen LogP contribution in [-0.4, -0.2) is 0 Å². The largest absolute Gasteiger partial charge is 0.0842 e. The molecule has 0 nitrogen and oxygen atoms in total. The maximum atomic E-state index is 2.54. The summed E-state index contributed by atoms with van der Waals surface area (Å²) < 4.78 is 0. The Kier molecular flexibility index (Phi) is 1.72. The van der Waals surface area contributed by atoms with Crippen molar-refractivity contribution in [2.45, 2.75) is 12.8 Å². The molecule has 0 N–H and O–H groups in total. The van der Waals surface area contributed by atoms with Crippen LogP contribution >= 0.6 is 0 Å². The molecule has 0 aliphatic heterocycles. The van der Waals surface area contributed by atoms with Crippen molar-refractivity contribution in [1.82, 2.24) is 0 Å². The first-order valence-corrected chi connectivity index (χ1v) is 8.35. The molecule has 0 aromatic heterocycles. The number of hydrogen-bond acceptors (Lipinski definition) is 0. The second-order valence-electron chi connectivity index (χ2n) is 7.69. The minimum absolute atomic E-state index is 0.760. The predicted molar refractivity (Wildman–Crippen MR) is 80.7 cm³/mol. The van der Waals surface area contributed by atoms with Crippen LogP contribution in [0.2, 0.25) is 0 Å². The average Bonchev–Trinajstić information content (AvgIpc) is 3.18. The molecule has 0 amide bonds. The normalized spacial score (nSPS) is 59.2. The molecule has 6 aliphatic rings. The molecule has 0 bridgehead atoms. The molecule has 2 fully saturated rings. The molecule has 6 aliphatic carbocycles. The van der Waals surface area contributed by atoms with Crippen LogP contribution in [0.1, 0.15) is 12.8 Å². The van der Waals surface area contributed by atoms with Gasteiger partial charge in [0.2, 0.25) is 0 Å². The highest BCUT2D eigenvalue weighted by atomic mass is 14.6. The molecule has 0 aromatic carbocycles. The third-order valence-electron chi connectivity index (χ3n) is 7.08. The van der Waals surface area contributed by atoms with Crippen LogP contribution < -0.4 is 0 Å². The van der Waals surface area contributed by atoms with E-state index in [1.54, 1.807) is 0 Å². The second-order valence-corrected chi connectivity index (χ2v) is 7.69. The zero-order chi connectivity index (χ0) is 12.8. The Labute approximate surface area is 120 Å². The monoisotopic (exact) mass is 260 g/mol. The summed E-state index contributed by atoms with van der Waals surface area (Å²) in [6.45, 7) is 0. The fraction of sp³-hybridized carbons (Fsp3) is 0.500. The van der Waals surface area contributed by atoms with E-state index in [1.165, 1.54) is 12.8 Å². The van der Waals surface area contributed by atoms with Crippen molar-refractivity contribution >= 4 is 0 Å². The molecule has 0 unspecified atom stereocenters. The second kappa shape index (κ2) is 3.30. The van der Waals surface area contributed by atoms with Gasteiger partial charge in [-0.15, -0.1) is 0 Å². The SMILES string of the molecule is C1=C[C@@H]2/C(=C3\C[C@@H]4C=C[C@@H]5C=C[C@H]3[C@H]54)C[C@@H]3C=C[C@@H]1[C@@H]23. The summed E-state index contributed by atoms with van der Waals surface area (Å²) >= 11 is 0. The highest BCUT2D eigenvalue weighted by Gasteiger charge is 2.51. The van der Waals surface area contributed by atoms with E-state index in [-0.39, 0.29) is 0 Å². The zero-order valence-electron chi connectivity index (χ0n) is 11.7. The summed E-state index contributed by atoms with van der Waals surface area (Å²) in [6.07, 6.45) is 22.7. The molecular weight excluding hydrogens is 240 g/mol. The fourth-order valence-electron chi connectivity index (χ4n) is 6.35. The van der Waals surface area contributed by atoms with E-state index in [2.05, 4.69) is 48.6 Å². The van der Waals surface area contributed by atoms with Crippen LogP contribution in [0.25, 0.3) is 0 Å². The van der Waals surface area contributed by atoms with E-state index in [0.717, 1.165) is 47.3 Å². The lowest BCUT2D eigenvalue weighted by Crippen LogP contribution is -2.12. The van der Waals surface area contributed by atoms with Gasteiger partial charge in [0.05, 0.1) is 0 Å². The maximum Gasteiger partial charge on any atom is 0.00227 e. The topological polar surface area (TPSA) is 0 Å². The molecule has 0 spiro atoms. The Balaban J connectivity index is 1.48. The Morgan fingerprint density at radius 3 is 1.50 bits per heavy atom. The molecule has 6 rings (SSSR count). The average molecular weight is 260 g/mol. The van der Waals surface area contributed by atoms with Gasteiger partial charge in [-0.2, -0.15) is 0 Å². The smallest absolute Gasteiger partial charge is 0.00227 e.